The Morgan fingerprint density at radius 1 is 0.619 bits per heavy atom. The molecule has 2 unspecified atom stereocenters. The molecule has 0 radical (unpaired) electrons. The third-order valence-corrected chi connectivity index (χ3v) is 8.89. The average Bonchev–Trinajstić information content (AvgIpc) is 3.02. The number of rotatable bonds is 10. The van der Waals surface area contributed by atoms with Crippen molar-refractivity contribution in [1.82, 2.24) is 19.6 Å². The lowest BCUT2D eigenvalue weighted by Crippen LogP contribution is -2.44. The summed E-state index contributed by atoms with van der Waals surface area (Å²) in [6, 6.07) is 29.2. The van der Waals surface area contributed by atoms with Crippen LogP contribution in [0, 0.1) is 11.8 Å². The van der Waals surface area contributed by atoms with Crippen molar-refractivity contribution in [3.63, 3.8) is 0 Å². The molecule has 6 nitrogen and oxygen atoms in total. The van der Waals surface area contributed by atoms with Crippen LogP contribution in [0.15, 0.2) is 84.9 Å². The van der Waals surface area contributed by atoms with E-state index in [-0.39, 0.29) is 23.7 Å². The van der Waals surface area contributed by atoms with Crippen LogP contribution in [0.2, 0.25) is 0 Å². The van der Waals surface area contributed by atoms with Crippen LogP contribution >= 0.6 is 0 Å². The molecule has 2 amide bonds. The molecule has 2 aliphatic rings. The van der Waals surface area contributed by atoms with E-state index in [9.17, 15) is 9.59 Å². The van der Waals surface area contributed by atoms with Gasteiger partial charge in [-0.3, -0.25) is 19.4 Å². The van der Waals surface area contributed by atoms with E-state index in [1.165, 1.54) is 22.3 Å². The predicted molar refractivity (Wildman–Crippen MR) is 168 cm³/mol. The predicted octanol–water partition coefficient (Wildman–Crippen LogP) is 5.43. The molecule has 2 atom stereocenters. The number of hydrogen-bond donors (Lipinski definition) is 0. The van der Waals surface area contributed by atoms with Gasteiger partial charge >= 0.3 is 0 Å². The fraction of sp³-hybridized carbons (Fsp3) is 0.444. The summed E-state index contributed by atoms with van der Waals surface area (Å²) in [5, 5.41) is 0. The molecule has 0 aromatic heterocycles. The zero-order valence-corrected chi connectivity index (χ0v) is 25.3. The summed E-state index contributed by atoms with van der Waals surface area (Å²) >= 11 is 0. The van der Waals surface area contributed by atoms with E-state index in [0.29, 0.717) is 13.1 Å². The van der Waals surface area contributed by atoms with Crippen LogP contribution in [0.4, 0.5) is 0 Å². The molecule has 222 valence electrons. The summed E-state index contributed by atoms with van der Waals surface area (Å²) in [6.45, 7) is 6.68. The van der Waals surface area contributed by atoms with Gasteiger partial charge in [0.15, 0.2) is 0 Å². The van der Waals surface area contributed by atoms with Gasteiger partial charge in [0.2, 0.25) is 11.8 Å². The van der Waals surface area contributed by atoms with Gasteiger partial charge in [0.05, 0.1) is 11.8 Å². The Bertz CT molecular complexity index is 1200. The third-order valence-electron chi connectivity index (χ3n) is 8.89. The quantitative estimate of drug-likeness (QED) is 0.329. The molecule has 0 spiro atoms. The van der Waals surface area contributed by atoms with Gasteiger partial charge in [-0.2, -0.15) is 0 Å². The number of carbonyl (C=O) groups is 2. The highest BCUT2D eigenvalue weighted by Gasteiger charge is 2.30. The first-order chi connectivity index (χ1) is 20.5. The molecule has 0 bridgehead atoms. The number of amides is 2. The van der Waals surface area contributed by atoms with Gasteiger partial charge < -0.3 is 9.80 Å². The zero-order valence-electron chi connectivity index (χ0n) is 25.3. The van der Waals surface area contributed by atoms with Crippen LogP contribution in [0.1, 0.15) is 47.9 Å². The lowest BCUT2D eigenvalue weighted by molar-refractivity contribution is -0.137. The number of hydrogen-bond acceptors (Lipinski definition) is 4. The SMILES string of the molecule is CN(Cc1ccccc1)C(=O)C1CCCN(Cc2ccccc2CN2CCCC(C(=O)N(C)Cc3ccccc3)C2)C1. The van der Waals surface area contributed by atoms with E-state index in [0.717, 1.165) is 65.0 Å². The van der Waals surface area contributed by atoms with Crippen molar-refractivity contribution in [1.29, 1.82) is 0 Å². The molecule has 3 aromatic rings. The van der Waals surface area contributed by atoms with Gasteiger partial charge in [0.1, 0.15) is 0 Å². The molecule has 42 heavy (non-hydrogen) atoms. The van der Waals surface area contributed by atoms with Gasteiger partial charge in [0, 0.05) is 53.4 Å². The van der Waals surface area contributed by atoms with Crippen LogP contribution in [-0.4, -0.2) is 71.7 Å². The number of likely N-dealkylation sites (tertiary alicyclic amines) is 2. The molecule has 6 heteroatoms. The monoisotopic (exact) mass is 566 g/mol. The maximum absolute atomic E-state index is 13.3. The van der Waals surface area contributed by atoms with Gasteiger partial charge in [-0.25, -0.2) is 0 Å². The summed E-state index contributed by atoms with van der Waals surface area (Å²) in [5.74, 6) is 0.582. The topological polar surface area (TPSA) is 47.1 Å². The molecule has 2 heterocycles. The number of nitrogens with zero attached hydrogens (tertiary/aromatic N) is 4. The fourth-order valence-electron chi connectivity index (χ4n) is 6.64. The summed E-state index contributed by atoms with van der Waals surface area (Å²) in [6.07, 6.45) is 4.00. The second kappa shape index (κ2) is 14.6. The highest BCUT2D eigenvalue weighted by atomic mass is 16.2. The molecule has 2 aliphatic heterocycles. The van der Waals surface area contributed by atoms with E-state index in [1.807, 2.05) is 60.3 Å². The molecular weight excluding hydrogens is 520 g/mol. The Morgan fingerprint density at radius 2 is 1.00 bits per heavy atom. The Hall–Kier alpha value is -3.48. The highest BCUT2D eigenvalue weighted by Crippen LogP contribution is 2.25. The smallest absolute Gasteiger partial charge is 0.227 e. The molecule has 0 saturated carbocycles. The molecule has 2 saturated heterocycles. The summed E-state index contributed by atoms with van der Waals surface area (Å²) in [7, 11) is 3.86. The number of piperidine rings is 2. The van der Waals surface area contributed by atoms with E-state index in [2.05, 4.69) is 58.3 Å². The second-order valence-corrected chi connectivity index (χ2v) is 12.3. The first-order valence-electron chi connectivity index (χ1n) is 15.6. The number of benzene rings is 3. The van der Waals surface area contributed by atoms with E-state index >= 15 is 0 Å². The van der Waals surface area contributed by atoms with Crippen LogP contribution in [0.5, 0.6) is 0 Å². The first kappa shape index (κ1) is 30.0. The number of carbonyl (C=O) groups excluding carboxylic acids is 2. The largest absolute Gasteiger partial charge is 0.341 e. The molecule has 0 aliphatic carbocycles. The minimum Gasteiger partial charge on any atom is -0.341 e. The average molecular weight is 567 g/mol. The molecule has 2 fully saturated rings. The Kier molecular flexibility index (Phi) is 10.4. The zero-order chi connectivity index (χ0) is 29.3. The minimum absolute atomic E-state index is 0.0429. The molecule has 3 aromatic carbocycles. The summed E-state index contributed by atoms with van der Waals surface area (Å²) in [4.78, 5) is 35.4. The van der Waals surface area contributed by atoms with Crippen LogP contribution in [0.3, 0.4) is 0 Å². The third kappa shape index (κ3) is 8.08. The van der Waals surface area contributed by atoms with Gasteiger partial charge in [-0.1, -0.05) is 84.9 Å². The van der Waals surface area contributed by atoms with E-state index in [1.54, 1.807) is 0 Å². The Labute approximate surface area is 251 Å². The fourth-order valence-corrected chi connectivity index (χ4v) is 6.64. The van der Waals surface area contributed by atoms with Crippen LogP contribution in [-0.2, 0) is 35.8 Å². The highest BCUT2D eigenvalue weighted by molar-refractivity contribution is 5.79. The van der Waals surface area contributed by atoms with Crippen LogP contribution < -0.4 is 0 Å². The van der Waals surface area contributed by atoms with Crippen molar-refractivity contribution in [2.45, 2.75) is 51.9 Å². The minimum atomic E-state index is 0.0429. The lowest BCUT2D eigenvalue weighted by Gasteiger charge is -2.36. The second-order valence-electron chi connectivity index (χ2n) is 12.3. The van der Waals surface area contributed by atoms with E-state index < -0.39 is 0 Å². The summed E-state index contributed by atoms with van der Waals surface area (Å²) in [5.41, 5.74) is 5.00. The van der Waals surface area contributed by atoms with Crippen molar-refractivity contribution in [3.05, 3.63) is 107 Å². The van der Waals surface area contributed by atoms with E-state index in [4.69, 9.17) is 0 Å². The maximum atomic E-state index is 13.3. The first-order valence-corrected chi connectivity index (χ1v) is 15.6. The molecule has 5 rings (SSSR count). The lowest BCUT2D eigenvalue weighted by atomic mass is 9.94. The maximum Gasteiger partial charge on any atom is 0.227 e. The van der Waals surface area contributed by atoms with Crippen molar-refractivity contribution < 1.29 is 9.59 Å². The summed E-state index contributed by atoms with van der Waals surface area (Å²) < 4.78 is 0. The van der Waals surface area contributed by atoms with Gasteiger partial charge in [-0.15, -0.1) is 0 Å². The van der Waals surface area contributed by atoms with Gasteiger partial charge in [0.25, 0.3) is 0 Å². The molecular formula is C36H46N4O2. The van der Waals surface area contributed by atoms with Crippen molar-refractivity contribution in [3.8, 4) is 0 Å². The van der Waals surface area contributed by atoms with Crippen molar-refractivity contribution in [2.24, 2.45) is 11.8 Å². The van der Waals surface area contributed by atoms with Crippen LogP contribution in [0.25, 0.3) is 0 Å². The molecule has 0 N–H and O–H groups in total. The van der Waals surface area contributed by atoms with Crippen molar-refractivity contribution in [2.75, 3.05) is 40.3 Å². The Balaban J connectivity index is 1.16. The van der Waals surface area contributed by atoms with Gasteiger partial charge in [-0.05, 0) is 61.0 Å². The standard InChI is InChI=1S/C36H46N4O2/c1-37(23-29-13-5-3-6-14-29)35(41)33-19-11-21-39(27-33)25-31-17-9-10-18-32(31)26-40-22-12-20-34(28-40)36(42)38(2)24-30-15-7-4-8-16-30/h3-10,13-18,33-34H,11-12,19-28H2,1-2H3. The van der Waals surface area contributed by atoms with Crippen molar-refractivity contribution >= 4 is 11.8 Å². The normalized spacial score (nSPS) is 19.8. The Morgan fingerprint density at radius 3 is 1.40 bits per heavy atom.